The molecular weight excluding hydrogens is 236 g/mol. The molecule has 1 amide bonds. The molecule has 0 aliphatic carbocycles. The van der Waals surface area contributed by atoms with E-state index in [-0.39, 0.29) is 5.91 Å². The number of thioether (sulfide) groups is 1. The van der Waals surface area contributed by atoms with Gasteiger partial charge in [0.05, 0.1) is 0 Å². The fourth-order valence-corrected chi connectivity index (χ4v) is 1.61. The number of nitrogen functional groups attached to an aromatic ring is 1. The van der Waals surface area contributed by atoms with E-state index in [9.17, 15) is 4.79 Å². The SMILES string of the molecule is CSC(C)CCNC(=O)c1ccnc(NN)c1. The Morgan fingerprint density at radius 2 is 2.41 bits per heavy atom. The Hall–Kier alpha value is -1.27. The molecule has 0 aliphatic rings. The summed E-state index contributed by atoms with van der Waals surface area (Å²) in [5, 5.41) is 3.42. The number of amides is 1. The summed E-state index contributed by atoms with van der Waals surface area (Å²) in [6.07, 6.45) is 4.57. The average molecular weight is 254 g/mol. The molecule has 17 heavy (non-hydrogen) atoms. The van der Waals surface area contributed by atoms with Crippen LogP contribution >= 0.6 is 11.8 Å². The van der Waals surface area contributed by atoms with Gasteiger partial charge in [0.25, 0.3) is 5.91 Å². The molecule has 1 rings (SSSR count). The van der Waals surface area contributed by atoms with Gasteiger partial charge in [-0.3, -0.25) is 4.79 Å². The van der Waals surface area contributed by atoms with Gasteiger partial charge in [0.1, 0.15) is 5.82 Å². The standard InChI is InChI=1S/C11H18N4OS/c1-8(17-2)3-5-14-11(16)9-4-6-13-10(7-9)15-12/h4,6-8H,3,5,12H2,1-2H3,(H,13,15)(H,14,16). The fourth-order valence-electron chi connectivity index (χ4n) is 1.26. The predicted octanol–water partition coefficient (Wildman–Crippen LogP) is 1.24. The molecular formula is C11H18N4OS. The zero-order chi connectivity index (χ0) is 12.7. The Labute approximate surface area is 106 Å². The molecule has 0 spiro atoms. The van der Waals surface area contributed by atoms with Crippen molar-refractivity contribution in [3.8, 4) is 0 Å². The third-order valence-electron chi connectivity index (χ3n) is 2.41. The summed E-state index contributed by atoms with van der Waals surface area (Å²) in [4.78, 5) is 15.7. The van der Waals surface area contributed by atoms with Crippen LogP contribution in [0.1, 0.15) is 23.7 Å². The number of hydrogen-bond donors (Lipinski definition) is 3. The van der Waals surface area contributed by atoms with Crippen molar-refractivity contribution in [3.05, 3.63) is 23.9 Å². The summed E-state index contributed by atoms with van der Waals surface area (Å²) in [6.45, 7) is 2.81. The largest absolute Gasteiger partial charge is 0.352 e. The van der Waals surface area contributed by atoms with Crippen molar-refractivity contribution in [2.24, 2.45) is 5.84 Å². The van der Waals surface area contributed by atoms with Gasteiger partial charge in [-0.05, 0) is 24.8 Å². The minimum Gasteiger partial charge on any atom is -0.352 e. The number of anilines is 1. The number of carbonyl (C=O) groups excluding carboxylic acids is 1. The molecule has 0 saturated heterocycles. The number of nitrogens with two attached hydrogens (primary N) is 1. The summed E-state index contributed by atoms with van der Waals surface area (Å²) in [5.41, 5.74) is 2.97. The topological polar surface area (TPSA) is 80.0 Å². The Bertz CT molecular complexity index is 372. The Morgan fingerprint density at radius 3 is 3.06 bits per heavy atom. The average Bonchev–Trinajstić information content (AvgIpc) is 2.38. The molecule has 1 atom stereocenters. The van der Waals surface area contributed by atoms with Crippen LogP contribution in [0.4, 0.5) is 5.82 Å². The van der Waals surface area contributed by atoms with E-state index < -0.39 is 0 Å². The number of aromatic nitrogens is 1. The Balaban J connectivity index is 2.46. The number of nitrogens with one attached hydrogen (secondary N) is 2. The zero-order valence-electron chi connectivity index (χ0n) is 10.1. The van der Waals surface area contributed by atoms with Crippen LogP contribution in [0.3, 0.4) is 0 Å². The van der Waals surface area contributed by atoms with Crippen LogP contribution in [0.5, 0.6) is 0 Å². The number of nitrogens with zero attached hydrogens (tertiary/aromatic N) is 1. The second kappa shape index (κ2) is 7.13. The van der Waals surface area contributed by atoms with Crippen molar-refractivity contribution < 1.29 is 4.79 Å². The van der Waals surface area contributed by atoms with Crippen LogP contribution in [0, 0.1) is 0 Å². The van der Waals surface area contributed by atoms with Crippen LogP contribution < -0.4 is 16.6 Å². The molecule has 0 bridgehead atoms. The van der Waals surface area contributed by atoms with E-state index in [4.69, 9.17) is 5.84 Å². The number of hydrazine groups is 1. The van der Waals surface area contributed by atoms with Gasteiger partial charge in [0.2, 0.25) is 0 Å². The first-order chi connectivity index (χ1) is 8.17. The molecule has 1 unspecified atom stereocenters. The van der Waals surface area contributed by atoms with E-state index in [1.165, 1.54) is 0 Å². The first kappa shape index (κ1) is 13.8. The Kier molecular flexibility index (Phi) is 5.79. The predicted molar refractivity (Wildman–Crippen MR) is 72.0 cm³/mol. The van der Waals surface area contributed by atoms with Crippen LogP contribution in [0.15, 0.2) is 18.3 Å². The van der Waals surface area contributed by atoms with Crippen molar-refractivity contribution >= 4 is 23.5 Å². The van der Waals surface area contributed by atoms with E-state index >= 15 is 0 Å². The summed E-state index contributed by atoms with van der Waals surface area (Å²) < 4.78 is 0. The van der Waals surface area contributed by atoms with Gasteiger partial charge in [0.15, 0.2) is 0 Å². The summed E-state index contributed by atoms with van der Waals surface area (Å²) in [7, 11) is 0. The van der Waals surface area contributed by atoms with Gasteiger partial charge < -0.3 is 10.7 Å². The smallest absolute Gasteiger partial charge is 0.251 e. The third kappa shape index (κ3) is 4.62. The molecule has 0 aliphatic heterocycles. The third-order valence-corrected chi connectivity index (χ3v) is 3.45. The first-order valence-corrected chi connectivity index (χ1v) is 6.69. The molecule has 5 nitrogen and oxygen atoms in total. The second-order valence-electron chi connectivity index (χ2n) is 3.66. The monoisotopic (exact) mass is 254 g/mol. The normalized spacial score (nSPS) is 11.9. The maximum Gasteiger partial charge on any atom is 0.251 e. The minimum absolute atomic E-state index is 0.0998. The second-order valence-corrected chi connectivity index (χ2v) is 4.94. The van der Waals surface area contributed by atoms with Crippen molar-refractivity contribution in [1.82, 2.24) is 10.3 Å². The van der Waals surface area contributed by atoms with Gasteiger partial charge in [-0.25, -0.2) is 10.8 Å². The van der Waals surface area contributed by atoms with Crippen molar-refractivity contribution in [2.75, 3.05) is 18.2 Å². The van der Waals surface area contributed by atoms with Crippen molar-refractivity contribution in [2.45, 2.75) is 18.6 Å². The van der Waals surface area contributed by atoms with E-state index in [0.717, 1.165) is 6.42 Å². The van der Waals surface area contributed by atoms with Crippen LogP contribution in [0.25, 0.3) is 0 Å². The van der Waals surface area contributed by atoms with E-state index in [2.05, 4.69) is 28.9 Å². The molecule has 1 aromatic heterocycles. The van der Waals surface area contributed by atoms with Gasteiger partial charge in [-0.2, -0.15) is 11.8 Å². The molecule has 1 aromatic rings. The van der Waals surface area contributed by atoms with Crippen LogP contribution in [-0.2, 0) is 0 Å². The molecule has 0 aromatic carbocycles. The van der Waals surface area contributed by atoms with E-state index in [0.29, 0.717) is 23.2 Å². The molecule has 6 heteroatoms. The van der Waals surface area contributed by atoms with Crippen molar-refractivity contribution in [3.63, 3.8) is 0 Å². The summed E-state index contributed by atoms with van der Waals surface area (Å²) in [6, 6.07) is 3.28. The molecule has 4 N–H and O–H groups in total. The van der Waals surface area contributed by atoms with E-state index in [1.807, 2.05) is 0 Å². The van der Waals surface area contributed by atoms with Gasteiger partial charge in [-0.15, -0.1) is 0 Å². The quantitative estimate of drug-likeness (QED) is 0.526. The minimum atomic E-state index is -0.0998. The number of carbonyl (C=O) groups is 1. The lowest BCUT2D eigenvalue weighted by atomic mass is 10.2. The highest BCUT2D eigenvalue weighted by molar-refractivity contribution is 7.99. The molecule has 1 heterocycles. The fraction of sp³-hybridized carbons (Fsp3) is 0.455. The maximum atomic E-state index is 11.8. The van der Waals surface area contributed by atoms with Gasteiger partial charge >= 0.3 is 0 Å². The van der Waals surface area contributed by atoms with Crippen LogP contribution in [0.2, 0.25) is 0 Å². The number of pyridine rings is 1. The highest BCUT2D eigenvalue weighted by Crippen LogP contribution is 2.09. The lowest BCUT2D eigenvalue weighted by Crippen LogP contribution is -2.26. The summed E-state index contributed by atoms with van der Waals surface area (Å²) >= 11 is 1.79. The molecule has 0 fully saturated rings. The number of hydrogen-bond acceptors (Lipinski definition) is 5. The number of rotatable bonds is 6. The highest BCUT2D eigenvalue weighted by Gasteiger charge is 2.06. The molecule has 0 radical (unpaired) electrons. The molecule has 94 valence electrons. The summed E-state index contributed by atoms with van der Waals surface area (Å²) in [5.74, 6) is 5.61. The van der Waals surface area contributed by atoms with Gasteiger partial charge in [0, 0.05) is 23.6 Å². The Morgan fingerprint density at radius 1 is 1.65 bits per heavy atom. The van der Waals surface area contributed by atoms with Crippen LogP contribution in [-0.4, -0.2) is 28.9 Å². The lowest BCUT2D eigenvalue weighted by molar-refractivity contribution is 0.0953. The first-order valence-electron chi connectivity index (χ1n) is 5.41. The lowest BCUT2D eigenvalue weighted by Gasteiger charge is -2.09. The van der Waals surface area contributed by atoms with Crippen molar-refractivity contribution in [1.29, 1.82) is 0 Å². The maximum absolute atomic E-state index is 11.8. The zero-order valence-corrected chi connectivity index (χ0v) is 10.9. The van der Waals surface area contributed by atoms with E-state index in [1.54, 1.807) is 30.1 Å². The molecule has 0 saturated carbocycles. The van der Waals surface area contributed by atoms with Gasteiger partial charge in [-0.1, -0.05) is 6.92 Å². The highest BCUT2D eigenvalue weighted by atomic mass is 32.2.